The summed E-state index contributed by atoms with van der Waals surface area (Å²) in [6.07, 6.45) is 4.99. The number of aromatic nitrogens is 6. The summed E-state index contributed by atoms with van der Waals surface area (Å²) in [5.41, 5.74) is 1.33. The highest BCUT2D eigenvalue weighted by Gasteiger charge is 2.12. The van der Waals surface area contributed by atoms with Gasteiger partial charge in [0.1, 0.15) is 10.8 Å². The van der Waals surface area contributed by atoms with Crippen LogP contribution in [0.2, 0.25) is 5.15 Å². The van der Waals surface area contributed by atoms with E-state index in [0.717, 1.165) is 5.69 Å². The van der Waals surface area contributed by atoms with Gasteiger partial charge in [0, 0.05) is 13.2 Å². The van der Waals surface area contributed by atoms with E-state index in [4.69, 9.17) is 11.6 Å². The fourth-order valence-corrected chi connectivity index (χ4v) is 1.74. The molecule has 0 unspecified atom stereocenters. The SMILES string of the molecule is Cn1ccc(-c2nnc3cncc(Cl)n23)n1. The predicted molar refractivity (Wildman–Crippen MR) is 58.0 cm³/mol. The zero-order valence-corrected chi connectivity index (χ0v) is 9.13. The molecule has 0 radical (unpaired) electrons. The minimum absolute atomic E-state index is 0.461. The lowest BCUT2D eigenvalue weighted by Crippen LogP contribution is -1.94. The molecular weight excluding hydrogens is 228 g/mol. The summed E-state index contributed by atoms with van der Waals surface area (Å²) >= 11 is 6.05. The molecular formula is C9H7ClN6. The van der Waals surface area contributed by atoms with Crippen molar-refractivity contribution in [3.8, 4) is 11.5 Å². The van der Waals surface area contributed by atoms with E-state index in [1.165, 1.54) is 0 Å². The fraction of sp³-hybridized carbons (Fsp3) is 0.111. The van der Waals surface area contributed by atoms with Gasteiger partial charge in [0.15, 0.2) is 11.5 Å². The van der Waals surface area contributed by atoms with Crippen LogP contribution in [0.15, 0.2) is 24.7 Å². The molecule has 6 nitrogen and oxygen atoms in total. The van der Waals surface area contributed by atoms with Gasteiger partial charge in [-0.15, -0.1) is 10.2 Å². The first kappa shape index (κ1) is 9.29. The summed E-state index contributed by atoms with van der Waals surface area (Å²) in [5.74, 6) is 0.614. The van der Waals surface area contributed by atoms with E-state index in [1.807, 2.05) is 19.3 Å². The van der Waals surface area contributed by atoms with E-state index in [9.17, 15) is 0 Å². The second-order valence-corrected chi connectivity index (χ2v) is 3.71. The van der Waals surface area contributed by atoms with Gasteiger partial charge in [-0.05, 0) is 6.07 Å². The summed E-state index contributed by atoms with van der Waals surface area (Å²) in [7, 11) is 1.84. The molecule has 80 valence electrons. The molecule has 0 N–H and O–H groups in total. The Labute approximate surface area is 95.5 Å². The first-order valence-electron chi connectivity index (χ1n) is 4.60. The third kappa shape index (κ3) is 1.27. The van der Waals surface area contributed by atoms with Gasteiger partial charge in [0.25, 0.3) is 0 Å². The summed E-state index contributed by atoms with van der Waals surface area (Å²) in [6, 6.07) is 1.85. The molecule has 0 aliphatic carbocycles. The Kier molecular flexibility index (Phi) is 1.90. The van der Waals surface area contributed by atoms with E-state index in [1.54, 1.807) is 21.5 Å². The Hall–Kier alpha value is -1.95. The van der Waals surface area contributed by atoms with Crippen molar-refractivity contribution in [2.45, 2.75) is 0 Å². The Balaban J connectivity index is 2.32. The van der Waals surface area contributed by atoms with Gasteiger partial charge in [-0.25, -0.2) is 0 Å². The molecule has 3 aromatic rings. The zero-order chi connectivity index (χ0) is 11.1. The second kappa shape index (κ2) is 3.28. The molecule has 0 saturated carbocycles. The molecule has 0 fully saturated rings. The number of fused-ring (bicyclic) bond motifs is 1. The normalized spacial score (nSPS) is 11.1. The van der Waals surface area contributed by atoms with E-state index in [2.05, 4.69) is 20.3 Å². The van der Waals surface area contributed by atoms with Crippen molar-refractivity contribution in [3.63, 3.8) is 0 Å². The highest BCUT2D eigenvalue weighted by atomic mass is 35.5. The molecule has 0 bridgehead atoms. The lowest BCUT2D eigenvalue weighted by Gasteiger charge is -1.98. The van der Waals surface area contributed by atoms with Gasteiger partial charge in [-0.3, -0.25) is 14.1 Å². The highest BCUT2D eigenvalue weighted by Crippen LogP contribution is 2.19. The Morgan fingerprint density at radius 1 is 1.25 bits per heavy atom. The third-order valence-corrected chi connectivity index (χ3v) is 2.48. The smallest absolute Gasteiger partial charge is 0.190 e. The average Bonchev–Trinajstić information content (AvgIpc) is 2.84. The molecule has 0 amide bonds. The number of hydrogen-bond acceptors (Lipinski definition) is 4. The Morgan fingerprint density at radius 2 is 2.12 bits per heavy atom. The highest BCUT2D eigenvalue weighted by molar-refractivity contribution is 6.29. The number of halogens is 1. The van der Waals surface area contributed by atoms with Gasteiger partial charge >= 0.3 is 0 Å². The molecule has 0 aromatic carbocycles. The average molecular weight is 235 g/mol. The van der Waals surface area contributed by atoms with Crippen molar-refractivity contribution in [2.24, 2.45) is 7.05 Å². The number of nitrogens with zero attached hydrogens (tertiary/aromatic N) is 6. The van der Waals surface area contributed by atoms with Crippen LogP contribution in [0.4, 0.5) is 0 Å². The molecule has 3 rings (SSSR count). The topological polar surface area (TPSA) is 60.9 Å². The van der Waals surface area contributed by atoms with Gasteiger partial charge < -0.3 is 0 Å². The van der Waals surface area contributed by atoms with Crippen LogP contribution in [0.5, 0.6) is 0 Å². The molecule has 16 heavy (non-hydrogen) atoms. The van der Waals surface area contributed by atoms with Crippen LogP contribution in [0.3, 0.4) is 0 Å². The summed E-state index contributed by atoms with van der Waals surface area (Å²) in [5, 5.41) is 12.8. The second-order valence-electron chi connectivity index (χ2n) is 3.32. The zero-order valence-electron chi connectivity index (χ0n) is 8.37. The lowest BCUT2D eigenvalue weighted by molar-refractivity contribution is 0.768. The van der Waals surface area contributed by atoms with Crippen LogP contribution in [0, 0.1) is 0 Å². The van der Waals surface area contributed by atoms with Crippen molar-refractivity contribution in [1.29, 1.82) is 0 Å². The minimum Gasteiger partial charge on any atom is -0.275 e. The van der Waals surface area contributed by atoms with Crippen molar-refractivity contribution >= 4 is 17.2 Å². The molecule has 3 aromatic heterocycles. The molecule has 7 heteroatoms. The summed E-state index contributed by atoms with van der Waals surface area (Å²) in [4.78, 5) is 3.94. The number of aryl methyl sites for hydroxylation is 1. The van der Waals surface area contributed by atoms with Gasteiger partial charge in [0.05, 0.1) is 12.4 Å². The van der Waals surface area contributed by atoms with Crippen LogP contribution < -0.4 is 0 Å². The summed E-state index contributed by atoms with van der Waals surface area (Å²) in [6.45, 7) is 0. The largest absolute Gasteiger partial charge is 0.275 e. The van der Waals surface area contributed by atoms with Gasteiger partial charge in [0.2, 0.25) is 0 Å². The first-order valence-corrected chi connectivity index (χ1v) is 4.98. The first-order chi connectivity index (χ1) is 7.75. The maximum absolute atomic E-state index is 6.05. The monoisotopic (exact) mass is 234 g/mol. The van der Waals surface area contributed by atoms with Crippen molar-refractivity contribution in [3.05, 3.63) is 29.8 Å². The van der Waals surface area contributed by atoms with Gasteiger partial charge in [-0.1, -0.05) is 11.6 Å². The molecule has 0 spiro atoms. The van der Waals surface area contributed by atoms with Gasteiger partial charge in [-0.2, -0.15) is 5.10 Å². The lowest BCUT2D eigenvalue weighted by atomic mass is 10.4. The molecule has 0 aliphatic rings. The maximum atomic E-state index is 6.05. The Bertz CT molecular complexity index is 655. The van der Waals surface area contributed by atoms with Crippen LogP contribution in [0.25, 0.3) is 17.2 Å². The molecule has 0 saturated heterocycles. The Morgan fingerprint density at radius 3 is 2.88 bits per heavy atom. The van der Waals surface area contributed by atoms with E-state index in [0.29, 0.717) is 16.6 Å². The predicted octanol–water partition coefficient (Wildman–Crippen LogP) is 1.18. The summed E-state index contributed by atoms with van der Waals surface area (Å²) < 4.78 is 3.41. The molecule has 0 atom stereocenters. The van der Waals surface area contributed by atoms with Crippen LogP contribution in [-0.4, -0.2) is 29.4 Å². The van der Waals surface area contributed by atoms with Crippen molar-refractivity contribution in [1.82, 2.24) is 29.4 Å². The third-order valence-electron chi connectivity index (χ3n) is 2.22. The molecule has 3 heterocycles. The van der Waals surface area contributed by atoms with Crippen molar-refractivity contribution < 1.29 is 0 Å². The quantitative estimate of drug-likeness (QED) is 0.634. The number of rotatable bonds is 1. The standard InChI is InChI=1S/C9H7ClN6/c1-15-3-2-6(14-15)9-13-12-8-5-11-4-7(10)16(8)9/h2-5H,1H3. The van der Waals surface area contributed by atoms with Crippen LogP contribution in [0.1, 0.15) is 0 Å². The number of hydrogen-bond donors (Lipinski definition) is 0. The van der Waals surface area contributed by atoms with E-state index in [-0.39, 0.29) is 0 Å². The van der Waals surface area contributed by atoms with E-state index < -0.39 is 0 Å². The minimum atomic E-state index is 0.461. The van der Waals surface area contributed by atoms with Crippen molar-refractivity contribution in [2.75, 3.05) is 0 Å². The maximum Gasteiger partial charge on any atom is 0.190 e. The van der Waals surface area contributed by atoms with Crippen LogP contribution >= 0.6 is 11.6 Å². The molecule has 0 aliphatic heterocycles. The fourth-order valence-electron chi connectivity index (χ4n) is 1.51. The van der Waals surface area contributed by atoms with Crippen LogP contribution in [-0.2, 0) is 7.05 Å². The van der Waals surface area contributed by atoms with E-state index >= 15 is 0 Å².